The molecular weight excluding hydrogens is 562 g/mol. The highest BCUT2D eigenvalue weighted by Crippen LogP contribution is 2.40. The highest BCUT2D eigenvalue weighted by atomic mass is 32.2. The zero-order valence-corrected chi connectivity index (χ0v) is 23.8. The fraction of sp³-hybridized carbons (Fsp3) is 0.200. The average molecular weight is 590 g/mol. The number of carbonyl (C=O) groups excluding carboxylic acids is 1. The lowest BCUT2D eigenvalue weighted by Crippen LogP contribution is -2.24. The number of nitrogens with zero attached hydrogens (tertiary/aromatic N) is 2. The molecule has 1 N–H and O–H groups in total. The molecule has 1 aliphatic rings. The predicted molar refractivity (Wildman–Crippen MR) is 158 cm³/mol. The van der Waals surface area contributed by atoms with Crippen molar-refractivity contribution in [2.24, 2.45) is 4.99 Å². The van der Waals surface area contributed by atoms with Crippen LogP contribution >= 0.6 is 11.3 Å². The normalized spacial score (nSPS) is 13.1. The van der Waals surface area contributed by atoms with Crippen molar-refractivity contribution < 1.29 is 22.3 Å². The van der Waals surface area contributed by atoms with E-state index in [0.717, 1.165) is 42.9 Å². The summed E-state index contributed by atoms with van der Waals surface area (Å²) in [6.45, 7) is 1.95. The van der Waals surface area contributed by atoms with E-state index >= 15 is 0 Å². The van der Waals surface area contributed by atoms with Crippen LogP contribution in [0.2, 0.25) is 0 Å². The molecule has 0 saturated heterocycles. The molecule has 1 amide bonds. The lowest BCUT2D eigenvalue weighted by Gasteiger charge is -2.12. The zero-order chi connectivity index (χ0) is 29.0. The third-order valence-electron chi connectivity index (χ3n) is 6.76. The van der Waals surface area contributed by atoms with Gasteiger partial charge in [0.25, 0.3) is 11.6 Å². The van der Waals surface area contributed by atoms with Crippen LogP contribution in [0.25, 0.3) is 0 Å². The summed E-state index contributed by atoms with van der Waals surface area (Å²) in [4.78, 5) is 29.4. The van der Waals surface area contributed by atoms with Crippen molar-refractivity contribution in [1.29, 1.82) is 0 Å². The Balaban J connectivity index is 1.32. The number of benzene rings is 3. The van der Waals surface area contributed by atoms with Gasteiger partial charge in [-0.25, -0.2) is 4.99 Å². The zero-order valence-electron chi connectivity index (χ0n) is 22.2. The lowest BCUT2D eigenvalue weighted by atomic mass is 9.95. The van der Waals surface area contributed by atoms with Crippen LogP contribution in [-0.4, -0.2) is 25.5 Å². The molecule has 0 atom stereocenters. The smallest absolute Gasteiger partial charge is 0.339 e. The summed E-state index contributed by atoms with van der Waals surface area (Å²) in [5.74, 6) is -0.0938. The Morgan fingerprint density at radius 2 is 1.80 bits per heavy atom. The number of fused-ring (bicyclic) bond motifs is 1. The summed E-state index contributed by atoms with van der Waals surface area (Å²) < 4.78 is 30.6. The number of aliphatic imine (C=N–C) groups is 1. The first-order chi connectivity index (χ1) is 19.7. The third kappa shape index (κ3) is 6.53. The Kier molecular flexibility index (Phi) is 8.27. The molecule has 0 unspecified atom stereocenters. The van der Waals surface area contributed by atoms with Crippen molar-refractivity contribution in [1.82, 2.24) is 5.32 Å². The van der Waals surface area contributed by atoms with Crippen molar-refractivity contribution in [2.75, 3.05) is 0 Å². The molecule has 4 aromatic rings. The molecule has 0 spiro atoms. The summed E-state index contributed by atoms with van der Waals surface area (Å²) in [6, 6.07) is 19.6. The monoisotopic (exact) mass is 589 g/mol. The van der Waals surface area contributed by atoms with E-state index in [9.17, 15) is 23.3 Å². The minimum absolute atomic E-state index is 0.0537. The molecule has 1 heterocycles. The molecule has 210 valence electrons. The van der Waals surface area contributed by atoms with Crippen molar-refractivity contribution in [3.8, 4) is 5.75 Å². The second kappa shape index (κ2) is 12.0. The van der Waals surface area contributed by atoms with Gasteiger partial charge in [0.2, 0.25) is 0 Å². The second-order valence-electron chi connectivity index (χ2n) is 9.63. The molecule has 41 heavy (non-hydrogen) atoms. The third-order valence-corrected chi connectivity index (χ3v) is 9.20. The fourth-order valence-corrected chi connectivity index (χ4v) is 6.78. The average Bonchev–Trinajstić information content (AvgIpc) is 3.34. The Labute approximate surface area is 241 Å². The van der Waals surface area contributed by atoms with E-state index in [1.807, 2.05) is 30.3 Å². The molecule has 1 aliphatic carbocycles. The Hall–Kier alpha value is -4.35. The first-order valence-corrected chi connectivity index (χ1v) is 15.2. The summed E-state index contributed by atoms with van der Waals surface area (Å²) in [6.07, 6.45) is 5.53. The standard InChI is InChI=1S/C30H27N3O6S2/c1-20-11-16-24(17-26(20)33(35)36)41(37,38)39-23-14-12-22(13-15-23)19-32-30-28(25-9-5-6-10-27(25)40-30)29(34)31-18-21-7-3-2-4-8-21/h2-4,7-8,11-17,19H,5-6,9-10,18H2,1H3,(H,31,34). The molecule has 0 radical (unpaired) electrons. The molecule has 11 heteroatoms. The molecule has 0 fully saturated rings. The quantitative estimate of drug-likeness (QED) is 0.106. The SMILES string of the molecule is Cc1ccc(S(=O)(=O)Oc2ccc(C=Nc3sc4c(c3C(=O)NCc3ccccc3)CCCC4)cc2)cc1[N+](=O)[O-]. The summed E-state index contributed by atoms with van der Waals surface area (Å²) in [7, 11) is -4.28. The van der Waals surface area contributed by atoms with Crippen molar-refractivity contribution >= 4 is 44.3 Å². The number of hydrogen-bond donors (Lipinski definition) is 1. The maximum Gasteiger partial charge on any atom is 0.339 e. The van der Waals surface area contributed by atoms with E-state index in [-0.39, 0.29) is 22.2 Å². The molecule has 1 aromatic heterocycles. The van der Waals surface area contributed by atoms with E-state index in [1.165, 1.54) is 47.4 Å². The van der Waals surface area contributed by atoms with E-state index in [2.05, 4.69) is 10.3 Å². The number of carbonyl (C=O) groups is 1. The van der Waals surface area contributed by atoms with Crippen LogP contribution in [-0.2, 0) is 29.5 Å². The van der Waals surface area contributed by atoms with Crippen molar-refractivity contribution in [3.05, 3.63) is 116 Å². The highest BCUT2D eigenvalue weighted by Gasteiger charge is 2.25. The molecule has 0 saturated carbocycles. The van der Waals surface area contributed by atoms with E-state index in [1.54, 1.807) is 18.3 Å². The maximum atomic E-state index is 13.3. The van der Waals surface area contributed by atoms with E-state index in [0.29, 0.717) is 28.2 Å². The topological polar surface area (TPSA) is 128 Å². The number of hydrogen-bond acceptors (Lipinski definition) is 8. The molecule has 5 rings (SSSR count). The predicted octanol–water partition coefficient (Wildman–Crippen LogP) is 6.29. The molecular formula is C30H27N3O6S2. The van der Waals surface area contributed by atoms with Gasteiger partial charge in [-0.2, -0.15) is 8.42 Å². The van der Waals surface area contributed by atoms with Gasteiger partial charge in [0, 0.05) is 29.3 Å². The van der Waals surface area contributed by atoms with Gasteiger partial charge in [0.1, 0.15) is 15.6 Å². The Morgan fingerprint density at radius 3 is 2.54 bits per heavy atom. The van der Waals surface area contributed by atoms with Crippen LogP contribution in [0.15, 0.2) is 82.7 Å². The Bertz CT molecular complexity index is 1730. The van der Waals surface area contributed by atoms with Gasteiger partial charge in [-0.05, 0) is 79.6 Å². The van der Waals surface area contributed by atoms with Crippen LogP contribution in [0.4, 0.5) is 10.7 Å². The van der Waals surface area contributed by atoms with Gasteiger partial charge in [-0.15, -0.1) is 11.3 Å². The summed E-state index contributed by atoms with van der Waals surface area (Å²) in [5.41, 5.74) is 3.44. The first kappa shape index (κ1) is 28.2. The number of thiophene rings is 1. The van der Waals surface area contributed by atoms with Gasteiger partial charge in [-0.3, -0.25) is 14.9 Å². The van der Waals surface area contributed by atoms with Gasteiger partial charge >= 0.3 is 10.1 Å². The molecule has 9 nitrogen and oxygen atoms in total. The van der Waals surface area contributed by atoms with Crippen LogP contribution in [0.5, 0.6) is 5.75 Å². The number of nitrogens with one attached hydrogen (secondary N) is 1. The number of nitro groups is 1. The number of nitro benzene ring substituents is 1. The lowest BCUT2D eigenvalue weighted by molar-refractivity contribution is -0.385. The number of rotatable bonds is 9. The Morgan fingerprint density at radius 1 is 1.07 bits per heavy atom. The second-order valence-corrected chi connectivity index (χ2v) is 12.3. The highest BCUT2D eigenvalue weighted by molar-refractivity contribution is 7.87. The molecule has 3 aromatic carbocycles. The number of amides is 1. The van der Waals surface area contributed by atoms with Gasteiger partial charge in [-0.1, -0.05) is 36.4 Å². The minimum Gasteiger partial charge on any atom is -0.379 e. The van der Waals surface area contributed by atoms with Crippen LogP contribution in [0.3, 0.4) is 0 Å². The number of aryl methyl sites for hydroxylation is 2. The van der Waals surface area contributed by atoms with Crippen LogP contribution in [0.1, 0.15) is 50.3 Å². The minimum atomic E-state index is -4.28. The maximum absolute atomic E-state index is 13.3. The summed E-state index contributed by atoms with van der Waals surface area (Å²) in [5, 5.41) is 14.9. The molecule has 0 aliphatic heterocycles. The van der Waals surface area contributed by atoms with Crippen molar-refractivity contribution in [2.45, 2.75) is 44.0 Å². The van der Waals surface area contributed by atoms with E-state index < -0.39 is 15.0 Å². The van der Waals surface area contributed by atoms with Crippen LogP contribution in [0, 0.1) is 17.0 Å². The van der Waals surface area contributed by atoms with Crippen molar-refractivity contribution in [3.63, 3.8) is 0 Å². The van der Waals surface area contributed by atoms with Gasteiger partial charge in [0.15, 0.2) is 0 Å². The van der Waals surface area contributed by atoms with Gasteiger partial charge in [0.05, 0.1) is 10.5 Å². The van der Waals surface area contributed by atoms with Crippen LogP contribution < -0.4 is 9.50 Å². The largest absolute Gasteiger partial charge is 0.379 e. The van der Waals surface area contributed by atoms with Gasteiger partial charge < -0.3 is 9.50 Å². The first-order valence-electron chi connectivity index (χ1n) is 13.0. The summed E-state index contributed by atoms with van der Waals surface area (Å²) >= 11 is 1.53. The van der Waals surface area contributed by atoms with E-state index in [4.69, 9.17) is 4.18 Å². The fourth-order valence-electron chi connectivity index (χ4n) is 4.60. The molecule has 0 bridgehead atoms.